The van der Waals surface area contributed by atoms with Crippen molar-refractivity contribution >= 4 is 0 Å². The molecule has 1 aromatic heterocycles. The topological polar surface area (TPSA) is 43.8 Å². The molecule has 0 saturated carbocycles. The van der Waals surface area contributed by atoms with Crippen molar-refractivity contribution in [2.24, 2.45) is 12.8 Å². The van der Waals surface area contributed by atoms with E-state index in [9.17, 15) is 0 Å². The minimum atomic E-state index is 0.487. The SMILES string of the molecule is CC(CCN)c1ccn(C)n1. The molecule has 11 heavy (non-hydrogen) atoms. The van der Waals surface area contributed by atoms with Crippen LogP contribution in [0.1, 0.15) is 25.0 Å². The number of hydrogen-bond acceptors (Lipinski definition) is 2. The number of nitrogens with zero attached hydrogens (tertiary/aromatic N) is 2. The van der Waals surface area contributed by atoms with Crippen molar-refractivity contribution in [3.05, 3.63) is 18.0 Å². The molecule has 1 heterocycles. The average Bonchev–Trinajstić information content (AvgIpc) is 2.36. The van der Waals surface area contributed by atoms with Gasteiger partial charge in [0, 0.05) is 19.2 Å². The van der Waals surface area contributed by atoms with Gasteiger partial charge in [-0.2, -0.15) is 5.10 Å². The molecule has 1 aromatic rings. The summed E-state index contributed by atoms with van der Waals surface area (Å²) in [6, 6.07) is 2.04. The van der Waals surface area contributed by atoms with Crippen LogP contribution >= 0.6 is 0 Å². The van der Waals surface area contributed by atoms with E-state index < -0.39 is 0 Å². The summed E-state index contributed by atoms with van der Waals surface area (Å²) in [5.74, 6) is 0.487. The van der Waals surface area contributed by atoms with Crippen LogP contribution in [-0.4, -0.2) is 16.3 Å². The van der Waals surface area contributed by atoms with E-state index in [1.165, 1.54) is 0 Å². The largest absolute Gasteiger partial charge is 0.330 e. The Labute approximate surface area is 67.2 Å². The van der Waals surface area contributed by atoms with Crippen molar-refractivity contribution in [1.29, 1.82) is 0 Å². The summed E-state index contributed by atoms with van der Waals surface area (Å²) < 4.78 is 1.82. The molecular formula is C8H15N3. The summed E-state index contributed by atoms with van der Waals surface area (Å²) in [5, 5.41) is 4.29. The number of aryl methyl sites for hydroxylation is 1. The molecule has 0 aliphatic carbocycles. The smallest absolute Gasteiger partial charge is 0.0653 e. The number of hydrogen-bond donors (Lipinski definition) is 1. The van der Waals surface area contributed by atoms with Crippen molar-refractivity contribution in [2.75, 3.05) is 6.54 Å². The predicted molar refractivity (Wildman–Crippen MR) is 45.3 cm³/mol. The zero-order chi connectivity index (χ0) is 8.27. The second-order valence-corrected chi connectivity index (χ2v) is 2.89. The molecule has 0 radical (unpaired) electrons. The van der Waals surface area contributed by atoms with Crippen LogP contribution < -0.4 is 5.73 Å². The van der Waals surface area contributed by atoms with E-state index in [2.05, 4.69) is 12.0 Å². The van der Waals surface area contributed by atoms with Crippen LogP contribution in [-0.2, 0) is 7.05 Å². The molecular weight excluding hydrogens is 138 g/mol. The molecule has 62 valence electrons. The summed E-state index contributed by atoms with van der Waals surface area (Å²) in [4.78, 5) is 0. The first-order chi connectivity index (χ1) is 5.24. The van der Waals surface area contributed by atoms with Crippen LogP contribution in [0.2, 0.25) is 0 Å². The highest BCUT2D eigenvalue weighted by Crippen LogP contribution is 2.14. The lowest BCUT2D eigenvalue weighted by molar-refractivity contribution is 0.642. The first kappa shape index (κ1) is 8.27. The molecule has 0 saturated heterocycles. The molecule has 0 aliphatic rings. The molecule has 0 aliphatic heterocycles. The van der Waals surface area contributed by atoms with E-state index in [-0.39, 0.29) is 0 Å². The second-order valence-electron chi connectivity index (χ2n) is 2.89. The Kier molecular flexibility index (Phi) is 2.65. The normalized spacial score (nSPS) is 13.4. The molecule has 0 spiro atoms. The number of nitrogens with two attached hydrogens (primary N) is 1. The van der Waals surface area contributed by atoms with E-state index in [1.54, 1.807) is 0 Å². The van der Waals surface area contributed by atoms with Crippen LogP contribution in [0.4, 0.5) is 0 Å². The lowest BCUT2D eigenvalue weighted by Gasteiger charge is -2.04. The minimum Gasteiger partial charge on any atom is -0.330 e. The standard InChI is InChI=1S/C8H15N3/c1-7(3-5-9)8-4-6-11(2)10-8/h4,6-7H,3,5,9H2,1-2H3. The summed E-state index contributed by atoms with van der Waals surface area (Å²) in [7, 11) is 1.93. The fourth-order valence-electron chi connectivity index (χ4n) is 1.09. The van der Waals surface area contributed by atoms with Crippen molar-refractivity contribution in [2.45, 2.75) is 19.3 Å². The van der Waals surface area contributed by atoms with E-state index >= 15 is 0 Å². The Hall–Kier alpha value is -0.830. The quantitative estimate of drug-likeness (QED) is 0.700. The molecule has 0 aromatic carbocycles. The molecule has 1 unspecified atom stereocenters. The zero-order valence-electron chi connectivity index (χ0n) is 7.12. The van der Waals surface area contributed by atoms with Gasteiger partial charge >= 0.3 is 0 Å². The Balaban J connectivity index is 2.60. The van der Waals surface area contributed by atoms with Gasteiger partial charge in [0.15, 0.2) is 0 Å². The fourth-order valence-corrected chi connectivity index (χ4v) is 1.09. The summed E-state index contributed by atoms with van der Waals surface area (Å²) >= 11 is 0. The van der Waals surface area contributed by atoms with Gasteiger partial charge in [-0.15, -0.1) is 0 Å². The van der Waals surface area contributed by atoms with Crippen molar-refractivity contribution in [3.63, 3.8) is 0 Å². The van der Waals surface area contributed by atoms with Crippen molar-refractivity contribution in [3.8, 4) is 0 Å². The summed E-state index contributed by atoms with van der Waals surface area (Å²) in [6.45, 7) is 2.88. The third kappa shape index (κ3) is 2.05. The fraction of sp³-hybridized carbons (Fsp3) is 0.625. The van der Waals surface area contributed by atoms with Crippen LogP contribution in [0, 0.1) is 0 Å². The lowest BCUT2D eigenvalue weighted by Crippen LogP contribution is -2.05. The number of aromatic nitrogens is 2. The predicted octanol–water partition coefficient (Wildman–Crippen LogP) is 0.872. The Bertz CT molecular complexity index is 217. The number of rotatable bonds is 3. The summed E-state index contributed by atoms with van der Waals surface area (Å²) in [5.41, 5.74) is 6.58. The molecule has 3 nitrogen and oxygen atoms in total. The highest BCUT2D eigenvalue weighted by atomic mass is 15.2. The van der Waals surface area contributed by atoms with E-state index in [0.29, 0.717) is 5.92 Å². The first-order valence-corrected chi connectivity index (χ1v) is 3.93. The van der Waals surface area contributed by atoms with E-state index in [1.807, 2.05) is 24.0 Å². The molecule has 3 heteroatoms. The van der Waals surface area contributed by atoms with Gasteiger partial charge in [-0.3, -0.25) is 4.68 Å². The van der Waals surface area contributed by atoms with Crippen molar-refractivity contribution in [1.82, 2.24) is 9.78 Å². The van der Waals surface area contributed by atoms with Gasteiger partial charge in [0.25, 0.3) is 0 Å². The van der Waals surface area contributed by atoms with Gasteiger partial charge < -0.3 is 5.73 Å². The lowest BCUT2D eigenvalue weighted by atomic mass is 10.1. The molecule has 1 rings (SSSR count). The summed E-state index contributed by atoms with van der Waals surface area (Å²) in [6.07, 6.45) is 2.97. The molecule has 1 atom stereocenters. The van der Waals surface area contributed by atoms with Gasteiger partial charge in [0.1, 0.15) is 0 Å². The molecule has 0 bridgehead atoms. The van der Waals surface area contributed by atoms with Crippen LogP contribution in [0.15, 0.2) is 12.3 Å². The maximum atomic E-state index is 5.44. The third-order valence-corrected chi connectivity index (χ3v) is 1.84. The van der Waals surface area contributed by atoms with Crippen LogP contribution in [0.25, 0.3) is 0 Å². The highest BCUT2D eigenvalue weighted by molar-refractivity contribution is 5.04. The molecule has 0 amide bonds. The van der Waals surface area contributed by atoms with E-state index in [0.717, 1.165) is 18.7 Å². The molecule has 2 N–H and O–H groups in total. The second kappa shape index (κ2) is 3.53. The van der Waals surface area contributed by atoms with E-state index in [4.69, 9.17) is 5.73 Å². The first-order valence-electron chi connectivity index (χ1n) is 3.93. The van der Waals surface area contributed by atoms with Gasteiger partial charge in [0.05, 0.1) is 5.69 Å². The van der Waals surface area contributed by atoms with Gasteiger partial charge in [-0.25, -0.2) is 0 Å². The monoisotopic (exact) mass is 153 g/mol. The highest BCUT2D eigenvalue weighted by Gasteiger charge is 2.05. The maximum Gasteiger partial charge on any atom is 0.0653 e. The third-order valence-electron chi connectivity index (χ3n) is 1.84. The van der Waals surface area contributed by atoms with Gasteiger partial charge in [-0.1, -0.05) is 6.92 Å². The van der Waals surface area contributed by atoms with Crippen molar-refractivity contribution < 1.29 is 0 Å². The van der Waals surface area contributed by atoms with Gasteiger partial charge in [-0.05, 0) is 19.0 Å². The Morgan fingerprint density at radius 1 is 1.73 bits per heavy atom. The van der Waals surface area contributed by atoms with Crippen LogP contribution in [0.5, 0.6) is 0 Å². The Morgan fingerprint density at radius 3 is 2.91 bits per heavy atom. The van der Waals surface area contributed by atoms with Gasteiger partial charge in [0.2, 0.25) is 0 Å². The minimum absolute atomic E-state index is 0.487. The zero-order valence-corrected chi connectivity index (χ0v) is 7.12. The van der Waals surface area contributed by atoms with Crippen LogP contribution in [0.3, 0.4) is 0 Å². The average molecular weight is 153 g/mol. The Morgan fingerprint density at radius 2 is 2.45 bits per heavy atom. The maximum absolute atomic E-state index is 5.44. The molecule has 0 fully saturated rings.